The van der Waals surface area contributed by atoms with Crippen LogP contribution in [0, 0.1) is 0 Å². The Morgan fingerprint density at radius 3 is 0.905 bits per heavy atom. The van der Waals surface area contributed by atoms with Crippen molar-refractivity contribution in [3.63, 3.8) is 0 Å². The fourth-order valence-corrected chi connectivity index (χ4v) is 12.4. The van der Waals surface area contributed by atoms with Crippen molar-refractivity contribution in [3.8, 4) is 0 Å². The number of ether oxygens (including phenoxy) is 1. The lowest BCUT2D eigenvalue weighted by Crippen LogP contribution is -2.45. The van der Waals surface area contributed by atoms with Gasteiger partial charge in [0.25, 0.3) is 0 Å². The molecule has 6 nitrogen and oxygen atoms in total. The Kier molecular flexibility index (Phi) is 72.3. The average Bonchev–Trinajstić information content (AvgIpc) is 3.51. The monoisotopic (exact) mass is 1180 g/mol. The number of carbonyl (C=O) groups is 2. The lowest BCUT2D eigenvalue weighted by Gasteiger charge is -2.22. The van der Waals surface area contributed by atoms with E-state index >= 15 is 0 Å². The molecule has 0 bridgehead atoms. The van der Waals surface area contributed by atoms with Gasteiger partial charge in [-0.2, -0.15) is 0 Å². The number of hydrogen-bond acceptors (Lipinski definition) is 5. The van der Waals surface area contributed by atoms with Crippen molar-refractivity contribution in [2.45, 2.75) is 450 Å². The maximum atomic E-state index is 12.6. The Morgan fingerprint density at radius 2 is 0.595 bits per heavy atom. The molecule has 0 saturated heterocycles. The van der Waals surface area contributed by atoms with Gasteiger partial charge in [-0.15, -0.1) is 0 Å². The molecule has 84 heavy (non-hydrogen) atoms. The molecule has 3 N–H and O–H groups in total. The summed E-state index contributed by atoms with van der Waals surface area (Å²) in [5, 5.41) is 23.5. The van der Waals surface area contributed by atoms with Crippen LogP contribution in [0.15, 0.2) is 24.3 Å². The zero-order chi connectivity index (χ0) is 60.6. The number of rotatable bonds is 73. The lowest BCUT2D eigenvalue weighted by atomic mass is 10.0. The fourth-order valence-electron chi connectivity index (χ4n) is 12.4. The molecule has 0 spiro atoms. The third kappa shape index (κ3) is 69.4. The van der Waals surface area contributed by atoms with E-state index in [0.29, 0.717) is 25.9 Å². The quantitative estimate of drug-likeness (QED) is 0.0320. The lowest BCUT2D eigenvalue weighted by molar-refractivity contribution is -0.143. The number of nitrogens with one attached hydrogen (secondary N) is 1. The number of amides is 1. The van der Waals surface area contributed by atoms with E-state index in [1.807, 2.05) is 0 Å². The first-order chi connectivity index (χ1) is 41.5. The standard InChI is InChI=1S/C78H151NO5/c1-3-5-7-9-11-13-15-17-19-21-23-24-25-26-28-31-35-38-42-46-50-54-58-62-66-70-76(81)75(74-80)79-77(82)71-67-63-59-55-51-47-43-39-36-32-29-27-30-33-37-41-45-49-53-57-61-65-69-73-84-78(83)72-68-64-60-56-52-48-44-40-34-22-20-18-16-14-12-10-8-6-4-2/h27,30,32,36,75-76,80-81H,3-26,28-29,31,33-35,37-74H2,1-2H3,(H,79,82)/b30-27-,36-32-. The van der Waals surface area contributed by atoms with Crippen LogP contribution in [-0.2, 0) is 14.3 Å². The molecule has 0 aliphatic carbocycles. The van der Waals surface area contributed by atoms with Gasteiger partial charge in [0, 0.05) is 12.8 Å². The van der Waals surface area contributed by atoms with E-state index < -0.39 is 12.1 Å². The number of esters is 1. The molecule has 1 amide bonds. The molecular formula is C78H151NO5. The molecule has 0 aromatic rings. The van der Waals surface area contributed by atoms with Crippen LogP contribution < -0.4 is 5.32 Å². The summed E-state index contributed by atoms with van der Waals surface area (Å²) in [4.78, 5) is 24.7. The number of allylic oxidation sites excluding steroid dienone is 4. The SMILES string of the molecule is CCCCCCCCCCCCCCCCCCCCCCCCCCCC(O)C(CO)NC(=O)CCCCCCCCC/C=C\C/C=C\CCCCCCCCCCCOC(=O)CCCCCCCCCCCCCCCCCCCCC. The van der Waals surface area contributed by atoms with Crippen molar-refractivity contribution in [3.05, 3.63) is 24.3 Å². The van der Waals surface area contributed by atoms with E-state index in [9.17, 15) is 19.8 Å². The highest BCUT2D eigenvalue weighted by Crippen LogP contribution is 2.20. The average molecular weight is 1180 g/mol. The zero-order valence-corrected chi connectivity index (χ0v) is 57.2. The first kappa shape index (κ1) is 82.3. The highest BCUT2D eigenvalue weighted by Gasteiger charge is 2.20. The molecular weight excluding hydrogens is 1030 g/mol. The van der Waals surface area contributed by atoms with Crippen LogP contribution in [0.1, 0.15) is 438 Å². The highest BCUT2D eigenvalue weighted by atomic mass is 16.5. The second-order valence-electron chi connectivity index (χ2n) is 26.7. The second-order valence-corrected chi connectivity index (χ2v) is 26.7. The van der Waals surface area contributed by atoms with Gasteiger partial charge >= 0.3 is 5.97 Å². The summed E-state index contributed by atoms with van der Waals surface area (Å²) in [5.74, 6) is -0.0269. The molecule has 2 unspecified atom stereocenters. The van der Waals surface area contributed by atoms with Gasteiger partial charge in [0.15, 0.2) is 0 Å². The van der Waals surface area contributed by atoms with Crippen molar-refractivity contribution in [2.24, 2.45) is 0 Å². The molecule has 0 aromatic heterocycles. The van der Waals surface area contributed by atoms with Crippen LogP contribution in [0.3, 0.4) is 0 Å². The number of aliphatic hydroxyl groups is 2. The number of carbonyl (C=O) groups excluding carboxylic acids is 2. The van der Waals surface area contributed by atoms with Crippen LogP contribution in [-0.4, -0.2) is 47.4 Å². The summed E-state index contributed by atoms with van der Waals surface area (Å²) < 4.78 is 5.51. The molecule has 0 aliphatic rings. The number of hydrogen-bond donors (Lipinski definition) is 3. The van der Waals surface area contributed by atoms with Gasteiger partial charge in [0.1, 0.15) is 0 Å². The van der Waals surface area contributed by atoms with Crippen LogP contribution in [0.5, 0.6) is 0 Å². The molecule has 498 valence electrons. The van der Waals surface area contributed by atoms with Gasteiger partial charge in [0.2, 0.25) is 5.91 Å². The summed E-state index contributed by atoms with van der Waals surface area (Å²) in [5.41, 5.74) is 0. The summed E-state index contributed by atoms with van der Waals surface area (Å²) >= 11 is 0. The van der Waals surface area contributed by atoms with E-state index in [4.69, 9.17) is 4.74 Å². The second kappa shape index (κ2) is 73.8. The van der Waals surface area contributed by atoms with Crippen molar-refractivity contribution in [1.29, 1.82) is 0 Å². The Labute approximate surface area is 526 Å². The molecule has 0 radical (unpaired) electrons. The third-order valence-electron chi connectivity index (χ3n) is 18.3. The molecule has 0 rings (SSSR count). The van der Waals surface area contributed by atoms with Crippen LogP contribution in [0.25, 0.3) is 0 Å². The first-order valence-electron chi connectivity index (χ1n) is 38.6. The highest BCUT2D eigenvalue weighted by molar-refractivity contribution is 5.76. The number of aliphatic hydroxyl groups excluding tert-OH is 2. The summed E-state index contributed by atoms with van der Waals surface area (Å²) in [6.07, 6.45) is 93.9. The normalized spacial score (nSPS) is 12.6. The fraction of sp³-hybridized carbons (Fsp3) is 0.923. The zero-order valence-electron chi connectivity index (χ0n) is 57.2. The van der Waals surface area contributed by atoms with E-state index in [-0.39, 0.29) is 18.5 Å². The Balaban J connectivity index is 3.42. The largest absolute Gasteiger partial charge is 0.466 e. The van der Waals surface area contributed by atoms with E-state index in [0.717, 1.165) is 44.9 Å². The van der Waals surface area contributed by atoms with Crippen LogP contribution in [0.2, 0.25) is 0 Å². The third-order valence-corrected chi connectivity index (χ3v) is 18.3. The minimum Gasteiger partial charge on any atom is -0.466 e. The molecule has 0 aromatic carbocycles. The van der Waals surface area contributed by atoms with E-state index in [1.165, 1.54) is 360 Å². The first-order valence-corrected chi connectivity index (χ1v) is 38.6. The van der Waals surface area contributed by atoms with Crippen LogP contribution in [0.4, 0.5) is 0 Å². The van der Waals surface area contributed by atoms with Crippen molar-refractivity contribution < 1.29 is 24.5 Å². The molecule has 0 saturated carbocycles. The van der Waals surface area contributed by atoms with Crippen LogP contribution >= 0.6 is 0 Å². The van der Waals surface area contributed by atoms with Gasteiger partial charge in [-0.25, -0.2) is 0 Å². The molecule has 6 heteroatoms. The number of unbranched alkanes of at least 4 members (excludes halogenated alkanes) is 58. The van der Waals surface area contributed by atoms with Gasteiger partial charge in [-0.05, 0) is 57.8 Å². The maximum absolute atomic E-state index is 12.6. The summed E-state index contributed by atoms with van der Waals surface area (Å²) in [6.45, 7) is 5.00. The van der Waals surface area contributed by atoms with Crippen molar-refractivity contribution >= 4 is 11.9 Å². The Morgan fingerprint density at radius 1 is 0.333 bits per heavy atom. The smallest absolute Gasteiger partial charge is 0.305 e. The van der Waals surface area contributed by atoms with E-state index in [2.05, 4.69) is 43.5 Å². The minimum atomic E-state index is -0.673. The van der Waals surface area contributed by atoms with Gasteiger partial charge in [-0.3, -0.25) is 9.59 Å². The maximum Gasteiger partial charge on any atom is 0.305 e. The summed E-state index contributed by atoms with van der Waals surface area (Å²) in [6, 6.07) is -0.551. The topological polar surface area (TPSA) is 95.9 Å². The predicted molar refractivity (Wildman–Crippen MR) is 370 cm³/mol. The van der Waals surface area contributed by atoms with E-state index in [1.54, 1.807) is 0 Å². The Bertz CT molecular complexity index is 1320. The molecule has 2 atom stereocenters. The molecule has 0 heterocycles. The predicted octanol–water partition coefficient (Wildman–Crippen LogP) is 25.3. The van der Waals surface area contributed by atoms with Crippen molar-refractivity contribution in [2.75, 3.05) is 13.2 Å². The minimum absolute atomic E-state index is 0.0132. The van der Waals surface area contributed by atoms with Crippen molar-refractivity contribution in [1.82, 2.24) is 5.32 Å². The summed E-state index contributed by atoms with van der Waals surface area (Å²) in [7, 11) is 0. The molecule has 0 aliphatic heterocycles. The van der Waals surface area contributed by atoms with Gasteiger partial charge < -0.3 is 20.3 Å². The van der Waals surface area contributed by atoms with Gasteiger partial charge in [0.05, 0.1) is 25.4 Å². The van der Waals surface area contributed by atoms with Gasteiger partial charge in [-0.1, -0.05) is 391 Å². The Hall–Kier alpha value is -1.66. The molecule has 0 fully saturated rings.